The van der Waals surface area contributed by atoms with Crippen LogP contribution in [0.2, 0.25) is 0 Å². The van der Waals surface area contributed by atoms with E-state index in [-0.39, 0.29) is 17.0 Å². The van der Waals surface area contributed by atoms with Crippen LogP contribution in [0.15, 0.2) is 36.7 Å². The summed E-state index contributed by atoms with van der Waals surface area (Å²) in [4.78, 5) is 8.25. The molecule has 2 aromatic heterocycles. The summed E-state index contributed by atoms with van der Waals surface area (Å²) in [6, 6.07) is 6.97. The fraction of sp³-hybridized carbons (Fsp3) is 0. The predicted octanol–water partition coefficient (Wildman–Crippen LogP) is 0.605. The van der Waals surface area contributed by atoms with Gasteiger partial charge in [0.2, 0.25) is 5.82 Å². The second-order valence-corrected chi connectivity index (χ2v) is 3.58. The molecule has 2 N–H and O–H groups in total. The SMILES string of the molecule is N=c1c(-c2nccnn2)nc2ccccc2n1O. The minimum atomic E-state index is -0.179. The van der Waals surface area contributed by atoms with E-state index in [0.717, 1.165) is 4.73 Å². The van der Waals surface area contributed by atoms with Gasteiger partial charge in [0.25, 0.3) is 0 Å². The summed E-state index contributed by atoms with van der Waals surface area (Å²) in [6.07, 6.45) is 2.89. The summed E-state index contributed by atoms with van der Waals surface area (Å²) in [5.41, 5.74) is 1.01. The fourth-order valence-electron chi connectivity index (χ4n) is 1.64. The Morgan fingerprint density at radius 1 is 1.17 bits per heavy atom. The van der Waals surface area contributed by atoms with Crippen LogP contribution in [-0.2, 0) is 0 Å². The quantitative estimate of drug-likeness (QED) is 0.607. The van der Waals surface area contributed by atoms with E-state index in [2.05, 4.69) is 20.2 Å². The lowest BCUT2D eigenvalue weighted by molar-refractivity contribution is 0.184. The Balaban J connectivity index is 2.38. The lowest BCUT2D eigenvalue weighted by Crippen LogP contribution is -2.22. The number of rotatable bonds is 1. The van der Waals surface area contributed by atoms with Gasteiger partial charge in [-0.2, -0.15) is 9.83 Å². The van der Waals surface area contributed by atoms with Crippen molar-refractivity contribution in [1.82, 2.24) is 24.9 Å². The molecule has 3 rings (SSSR count). The molecule has 0 spiro atoms. The topological polar surface area (TPSA) is 101 Å². The molecule has 0 aliphatic carbocycles. The van der Waals surface area contributed by atoms with Gasteiger partial charge in [-0.3, -0.25) is 5.41 Å². The van der Waals surface area contributed by atoms with Crippen LogP contribution < -0.4 is 5.49 Å². The van der Waals surface area contributed by atoms with Gasteiger partial charge in [-0.1, -0.05) is 12.1 Å². The van der Waals surface area contributed by atoms with Crippen LogP contribution in [0.3, 0.4) is 0 Å². The molecule has 7 nitrogen and oxygen atoms in total. The second-order valence-electron chi connectivity index (χ2n) is 3.58. The lowest BCUT2D eigenvalue weighted by atomic mass is 10.3. The fourth-order valence-corrected chi connectivity index (χ4v) is 1.64. The number of nitrogens with one attached hydrogen (secondary N) is 1. The highest BCUT2D eigenvalue weighted by molar-refractivity contribution is 5.76. The maximum Gasteiger partial charge on any atom is 0.204 e. The molecule has 0 unspecified atom stereocenters. The summed E-state index contributed by atoms with van der Waals surface area (Å²) < 4.78 is 0.758. The van der Waals surface area contributed by atoms with Crippen LogP contribution in [0, 0.1) is 5.41 Å². The number of fused-ring (bicyclic) bond motifs is 1. The van der Waals surface area contributed by atoms with E-state index in [4.69, 9.17) is 5.41 Å². The van der Waals surface area contributed by atoms with Crippen molar-refractivity contribution in [2.24, 2.45) is 0 Å². The lowest BCUT2D eigenvalue weighted by Gasteiger charge is -2.06. The summed E-state index contributed by atoms with van der Waals surface area (Å²) in [7, 11) is 0. The van der Waals surface area contributed by atoms with Crippen molar-refractivity contribution in [3.05, 3.63) is 42.1 Å². The number of hydrogen-bond donors (Lipinski definition) is 2. The van der Waals surface area contributed by atoms with Gasteiger partial charge in [-0.15, -0.1) is 5.10 Å². The van der Waals surface area contributed by atoms with E-state index in [1.165, 1.54) is 12.4 Å². The molecule has 18 heavy (non-hydrogen) atoms. The van der Waals surface area contributed by atoms with E-state index < -0.39 is 0 Å². The molecule has 0 atom stereocenters. The van der Waals surface area contributed by atoms with Gasteiger partial charge >= 0.3 is 0 Å². The van der Waals surface area contributed by atoms with Crippen LogP contribution in [0.1, 0.15) is 0 Å². The van der Waals surface area contributed by atoms with Crippen LogP contribution in [-0.4, -0.2) is 30.1 Å². The average molecular weight is 240 g/mol. The van der Waals surface area contributed by atoms with E-state index in [9.17, 15) is 5.21 Å². The predicted molar refractivity (Wildman–Crippen MR) is 61.6 cm³/mol. The Morgan fingerprint density at radius 3 is 2.78 bits per heavy atom. The van der Waals surface area contributed by atoms with Crippen LogP contribution in [0.5, 0.6) is 0 Å². The maximum atomic E-state index is 9.91. The highest BCUT2D eigenvalue weighted by Gasteiger charge is 2.11. The molecule has 88 valence electrons. The van der Waals surface area contributed by atoms with E-state index >= 15 is 0 Å². The monoisotopic (exact) mass is 240 g/mol. The highest BCUT2D eigenvalue weighted by atomic mass is 16.5. The zero-order chi connectivity index (χ0) is 12.5. The Hall–Kier alpha value is -2.83. The first kappa shape index (κ1) is 10.3. The standard InChI is InChI=1S/C11H8N6O/c12-10-9(11-13-5-6-14-16-11)15-7-3-1-2-4-8(7)17(10)18/h1-6,12,18H. The third-order valence-electron chi connectivity index (χ3n) is 2.47. The number of benzene rings is 1. The highest BCUT2D eigenvalue weighted by Crippen LogP contribution is 2.12. The molecule has 0 saturated heterocycles. The Kier molecular flexibility index (Phi) is 2.23. The Labute approximate surface area is 101 Å². The minimum absolute atomic E-state index is 0.179. The molecular formula is C11H8N6O. The molecule has 0 aliphatic heterocycles. The number of hydrogen-bond acceptors (Lipinski definition) is 6. The van der Waals surface area contributed by atoms with E-state index in [1.807, 2.05) is 0 Å². The molecule has 0 aliphatic rings. The van der Waals surface area contributed by atoms with Crippen LogP contribution >= 0.6 is 0 Å². The first-order valence-corrected chi connectivity index (χ1v) is 5.17. The van der Waals surface area contributed by atoms with Crippen molar-refractivity contribution in [1.29, 1.82) is 5.41 Å². The first-order chi connectivity index (χ1) is 8.77. The third kappa shape index (κ3) is 1.49. The molecule has 7 heteroatoms. The Bertz CT molecular complexity index is 767. The molecule has 3 aromatic rings. The molecule has 1 aromatic carbocycles. The van der Waals surface area contributed by atoms with Crippen molar-refractivity contribution in [3.8, 4) is 11.5 Å². The number of para-hydroxylation sites is 2. The summed E-state index contributed by atoms with van der Waals surface area (Å²) in [5, 5.41) is 25.2. The largest absolute Gasteiger partial charge is 0.426 e. The molecule has 0 bridgehead atoms. The maximum absolute atomic E-state index is 9.91. The zero-order valence-corrected chi connectivity index (χ0v) is 9.15. The average Bonchev–Trinajstić information content (AvgIpc) is 2.44. The van der Waals surface area contributed by atoms with Gasteiger partial charge in [0, 0.05) is 6.20 Å². The molecule has 0 amide bonds. The van der Waals surface area contributed by atoms with Gasteiger partial charge in [0.15, 0.2) is 11.2 Å². The van der Waals surface area contributed by atoms with Crippen LogP contribution in [0.4, 0.5) is 0 Å². The molecule has 0 fully saturated rings. The van der Waals surface area contributed by atoms with E-state index in [0.29, 0.717) is 11.0 Å². The minimum Gasteiger partial charge on any atom is -0.426 e. The van der Waals surface area contributed by atoms with Gasteiger partial charge in [-0.05, 0) is 12.1 Å². The molecule has 2 heterocycles. The summed E-state index contributed by atoms with van der Waals surface area (Å²) >= 11 is 0. The van der Waals surface area contributed by atoms with Gasteiger partial charge in [0.1, 0.15) is 5.52 Å². The van der Waals surface area contributed by atoms with Crippen molar-refractivity contribution in [2.75, 3.05) is 0 Å². The van der Waals surface area contributed by atoms with E-state index in [1.54, 1.807) is 24.3 Å². The second kappa shape index (κ2) is 3.88. The number of aromatic nitrogens is 5. The molecular weight excluding hydrogens is 232 g/mol. The molecule has 0 radical (unpaired) electrons. The van der Waals surface area contributed by atoms with Gasteiger partial charge in [0.05, 0.1) is 11.7 Å². The van der Waals surface area contributed by atoms with Crippen molar-refractivity contribution >= 4 is 11.0 Å². The van der Waals surface area contributed by atoms with Crippen molar-refractivity contribution in [2.45, 2.75) is 0 Å². The third-order valence-corrected chi connectivity index (χ3v) is 2.47. The first-order valence-electron chi connectivity index (χ1n) is 5.17. The van der Waals surface area contributed by atoms with Gasteiger partial charge in [-0.25, -0.2) is 9.97 Å². The Morgan fingerprint density at radius 2 is 2.00 bits per heavy atom. The smallest absolute Gasteiger partial charge is 0.204 e. The summed E-state index contributed by atoms with van der Waals surface area (Å²) in [5.74, 6) is 0.205. The zero-order valence-electron chi connectivity index (χ0n) is 9.15. The normalized spacial score (nSPS) is 10.7. The summed E-state index contributed by atoms with van der Waals surface area (Å²) in [6.45, 7) is 0. The van der Waals surface area contributed by atoms with Gasteiger partial charge < -0.3 is 5.21 Å². The van der Waals surface area contributed by atoms with Crippen molar-refractivity contribution in [3.63, 3.8) is 0 Å². The van der Waals surface area contributed by atoms with Crippen molar-refractivity contribution < 1.29 is 5.21 Å². The van der Waals surface area contributed by atoms with Crippen LogP contribution in [0.25, 0.3) is 22.6 Å². The molecule has 0 saturated carbocycles. The number of nitrogens with zero attached hydrogens (tertiary/aromatic N) is 5.